The number of carboxylic acids is 4. The molecule has 1 aromatic carbocycles. The average Bonchev–Trinajstić information content (AvgIpc) is 3.41. The van der Waals surface area contributed by atoms with Gasteiger partial charge in [-0.1, -0.05) is 50.1 Å². The summed E-state index contributed by atoms with van der Waals surface area (Å²) in [5, 5.41) is 56.1. The van der Waals surface area contributed by atoms with Gasteiger partial charge in [0.25, 0.3) is 0 Å². The Kier molecular flexibility index (Phi) is 29.6. The standard InChI is InChI=1S/C55H84N10O12.Gd/c1-39(45-30-46(33-57-32-45)47(31-50(68)69)60-55(77)44-9-7-21-65(35-44)49(67)15-12-42-16-19-56-20-17-42)43-13-10-41(11-14-43)8-5-3-4-6-18-58-48(66)34-59-54(76)40(2)64-28-26-62(37-52(72)73)24-22-61(36-51(70)71)23-25-63(27-29-64)38-53(74)75;/h10-11,13-14,30,32-33,39-40,42,44,47,56H,3-9,12,15-29,31,34-38H2,1-2H3,(H,58,66)(H,59,76)(H,60,77)(H,68,69)(H,70,71)(H,72,73)(H,74,75);/q;+3/p-3/t39?,40-,44+,47-;/m0./s1. The van der Waals surface area contributed by atoms with Crippen LogP contribution in [0.15, 0.2) is 42.7 Å². The summed E-state index contributed by atoms with van der Waals surface area (Å²) in [4.78, 5) is 112. The van der Waals surface area contributed by atoms with Crippen molar-refractivity contribution in [1.82, 2.24) is 50.8 Å². The molecular formula is C55H81GdN10O12. The summed E-state index contributed by atoms with van der Waals surface area (Å²) in [5.41, 5.74) is 3.74. The summed E-state index contributed by atoms with van der Waals surface area (Å²) >= 11 is 0. The maximum atomic E-state index is 13.6. The van der Waals surface area contributed by atoms with Gasteiger partial charge in [-0.15, -0.1) is 0 Å². The summed E-state index contributed by atoms with van der Waals surface area (Å²) in [6.07, 6.45) is 12.3. The van der Waals surface area contributed by atoms with Gasteiger partial charge in [0.05, 0.1) is 48.9 Å². The minimum atomic E-state index is -1.32. The van der Waals surface area contributed by atoms with Crippen LogP contribution in [0.5, 0.6) is 0 Å². The number of carbonyl (C=O) groups excluding carboxylic acids is 7. The summed E-state index contributed by atoms with van der Waals surface area (Å²) in [5.74, 6) is -5.87. The number of aromatic nitrogens is 1. The minimum Gasteiger partial charge on any atom is -0.549 e. The van der Waals surface area contributed by atoms with Gasteiger partial charge < -0.3 is 61.0 Å². The van der Waals surface area contributed by atoms with Gasteiger partial charge in [-0.25, -0.2) is 0 Å². The van der Waals surface area contributed by atoms with E-state index in [1.54, 1.807) is 43.8 Å². The van der Waals surface area contributed by atoms with E-state index in [2.05, 4.69) is 57.4 Å². The molecule has 5 N–H and O–H groups in total. The maximum Gasteiger partial charge on any atom is 3.00 e. The Hall–Kier alpha value is -4.75. The normalized spacial score (nSPS) is 18.9. The van der Waals surface area contributed by atoms with Gasteiger partial charge in [-0.3, -0.25) is 48.6 Å². The van der Waals surface area contributed by atoms with Crippen LogP contribution in [0, 0.1) is 51.8 Å². The van der Waals surface area contributed by atoms with Crippen molar-refractivity contribution < 1.29 is 98.7 Å². The van der Waals surface area contributed by atoms with Gasteiger partial charge in [0.15, 0.2) is 0 Å². The van der Waals surface area contributed by atoms with Crippen molar-refractivity contribution in [2.24, 2.45) is 11.8 Å². The molecule has 3 fully saturated rings. The molecule has 78 heavy (non-hydrogen) atoms. The van der Waals surface area contributed by atoms with Gasteiger partial charge in [0.2, 0.25) is 23.6 Å². The smallest absolute Gasteiger partial charge is 0.549 e. The third-order valence-corrected chi connectivity index (χ3v) is 15.2. The van der Waals surface area contributed by atoms with Crippen LogP contribution in [0.4, 0.5) is 0 Å². The summed E-state index contributed by atoms with van der Waals surface area (Å²) in [6, 6.07) is 8.75. The van der Waals surface area contributed by atoms with Crippen molar-refractivity contribution in [1.29, 1.82) is 0 Å². The Bertz CT molecular complexity index is 2220. The van der Waals surface area contributed by atoms with Crippen LogP contribution < -0.4 is 36.6 Å². The van der Waals surface area contributed by atoms with Crippen molar-refractivity contribution in [3.63, 3.8) is 0 Å². The molecule has 22 nitrogen and oxygen atoms in total. The Morgan fingerprint density at radius 2 is 1.29 bits per heavy atom. The van der Waals surface area contributed by atoms with Crippen LogP contribution in [0.1, 0.15) is 119 Å². The fourth-order valence-corrected chi connectivity index (χ4v) is 10.4. The quantitative estimate of drug-likeness (QED) is 0.0609. The van der Waals surface area contributed by atoms with Crippen LogP contribution in [0.3, 0.4) is 0 Å². The van der Waals surface area contributed by atoms with E-state index < -0.39 is 67.4 Å². The molecule has 1 aromatic heterocycles. The van der Waals surface area contributed by atoms with E-state index in [-0.39, 0.29) is 129 Å². The summed E-state index contributed by atoms with van der Waals surface area (Å²) < 4.78 is 0. The number of carbonyl (C=O) groups is 8. The van der Waals surface area contributed by atoms with Crippen LogP contribution >= 0.6 is 0 Å². The number of benzene rings is 1. The number of nitrogens with zero attached hydrogens (tertiary/aromatic N) is 6. The summed E-state index contributed by atoms with van der Waals surface area (Å²) in [7, 11) is 0. The molecule has 4 atom stereocenters. The molecule has 1 unspecified atom stereocenters. The van der Waals surface area contributed by atoms with E-state index in [0.29, 0.717) is 50.4 Å². The van der Waals surface area contributed by atoms with E-state index in [4.69, 9.17) is 0 Å². The van der Waals surface area contributed by atoms with Crippen LogP contribution in [-0.2, 0) is 44.8 Å². The van der Waals surface area contributed by atoms with E-state index in [0.717, 1.165) is 75.6 Å². The number of carboxylic acid groups (broad SMARTS) is 4. The van der Waals surface area contributed by atoms with Gasteiger partial charge in [0.1, 0.15) is 0 Å². The van der Waals surface area contributed by atoms with Crippen molar-refractivity contribution >= 4 is 47.5 Å². The Morgan fingerprint density at radius 3 is 1.88 bits per heavy atom. The molecule has 1 radical (unpaired) electrons. The summed E-state index contributed by atoms with van der Waals surface area (Å²) in [6.45, 7) is 7.16. The van der Waals surface area contributed by atoms with Gasteiger partial charge in [-0.2, -0.15) is 0 Å². The molecule has 0 aliphatic carbocycles. The molecule has 4 amide bonds. The zero-order chi connectivity index (χ0) is 55.7. The predicted octanol–water partition coefficient (Wildman–Crippen LogP) is -1.92. The first-order chi connectivity index (χ1) is 36.9. The molecule has 0 bridgehead atoms. The first kappa shape index (κ1) is 65.8. The first-order valence-electron chi connectivity index (χ1n) is 27.5. The van der Waals surface area contributed by atoms with Gasteiger partial charge in [0, 0.05) is 116 Å². The third-order valence-electron chi connectivity index (χ3n) is 15.2. The van der Waals surface area contributed by atoms with Gasteiger partial charge in [-0.05, 0) is 99.6 Å². The fraction of sp³-hybridized carbons (Fsp3) is 0.655. The molecule has 3 aliphatic rings. The topological polar surface area (TPSA) is 303 Å². The molecule has 3 saturated heterocycles. The van der Waals surface area contributed by atoms with E-state index in [9.17, 15) is 58.8 Å². The van der Waals surface area contributed by atoms with Crippen LogP contribution in [0.2, 0.25) is 0 Å². The second-order valence-corrected chi connectivity index (χ2v) is 21.0. The Labute approximate surface area is 490 Å². The Morgan fingerprint density at radius 1 is 0.718 bits per heavy atom. The number of aryl methyl sites for hydroxylation is 1. The zero-order valence-corrected chi connectivity index (χ0v) is 47.7. The van der Waals surface area contributed by atoms with Crippen molar-refractivity contribution in [3.8, 4) is 0 Å². The number of pyridine rings is 1. The molecule has 4 heterocycles. The zero-order valence-electron chi connectivity index (χ0n) is 45.4. The van der Waals surface area contributed by atoms with Crippen molar-refractivity contribution in [3.05, 3.63) is 65.0 Å². The molecule has 3 aliphatic heterocycles. The molecule has 0 saturated carbocycles. The van der Waals surface area contributed by atoms with E-state index >= 15 is 0 Å². The molecule has 431 valence electrons. The molecule has 2 aromatic rings. The number of amides is 4. The monoisotopic (exact) mass is 1230 g/mol. The number of piperidine rings is 2. The molecule has 23 heteroatoms. The maximum absolute atomic E-state index is 13.6. The largest absolute Gasteiger partial charge is 3.00 e. The average molecular weight is 1230 g/mol. The number of unbranched alkanes of at least 4 members (excludes halogenated alkanes) is 3. The third kappa shape index (κ3) is 23.9. The minimum absolute atomic E-state index is 0. The second-order valence-electron chi connectivity index (χ2n) is 21.0. The molecular weight excluding hydrogens is 1150 g/mol. The number of likely N-dealkylation sites (tertiary alicyclic amines) is 1. The van der Waals surface area contributed by atoms with E-state index in [1.165, 1.54) is 5.56 Å². The van der Waals surface area contributed by atoms with Gasteiger partial charge >= 0.3 is 45.9 Å². The first-order valence-corrected chi connectivity index (χ1v) is 27.5. The second kappa shape index (κ2) is 35.1. The molecule has 5 rings (SSSR count). The Balaban J connectivity index is 0.0000131. The predicted molar refractivity (Wildman–Crippen MR) is 279 cm³/mol. The number of hydrogen-bond acceptors (Lipinski definition) is 17. The van der Waals surface area contributed by atoms with Crippen molar-refractivity contribution in [2.75, 3.05) is 111 Å². The SMILES string of the molecule is CC(c1ccc(CCCCCCNC(=O)CNC(=O)[C@H](C)N2CCN(CC(=O)[O-])CCN(CC(=O)[O-])CCN(CC(=O)[O-])CC2)cc1)c1cncc([C@H](CC(=O)O)NC(=O)[C@@H]2CCCN(C(=O)CCC3CCNCC3)C2)c1.[Gd+3]. The number of aliphatic carboxylic acids is 4. The van der Waals surface area contributed by atoms with Crippen LogP contribution in [-0.4, -0.2) is 199 Å². The van der Waals surface area contributed by atoms with E-state index in [1.807, 2.05) is 6.07 Å². The number of hydrogen-bond donors (Lipinski definition) is 5. The van der Waals surface area contributed by atoms with Crippen molar-refractivity contribution in [2.45, 2.75) is 109 Å². The number of nitrogens with one attached hydrogen (secondary N) is 4. The number of rotatable bonds is 27. The fourth-order valence-electron chi connectivity index (χ4n) is 10.4. The molecule has 0 spiro atoms. The van der Waals surface area contributed by atoms with Crippen LogP contribution in [0.25, 0.3) is 0 Å².